The Labute approximate surface area is 131 Å². The van der Waals surface area contributed by atoms with Crippen LogP contribution in [0.25, 0.3) is 10.4 Å². The molecule has 0 spiro atoms. The van der Waals surface area contributed by atoms with Gasteiger partial charge in [0.05, 0.1) is 6.61 Å². The molecule has 0 fully saturated rings. The van der Waals surface area contributed by atoms with Crippen LogP contribution in [-0.4, -0.2) is 27.7 Å². The predicted octanol–water partition coefficient (Wildman–Crippen LogP) is 3.18. The normalized spacial score (nSPS) is 10.4. The Bertz CT molecular complexity index is 753. The summed E-state index contributed by atoms with van der Waals surface area (Å²) in [6.45, 7) is 2.38. The zero-order valence-electron chi connectivity index (χ0n) is 11.9. The van der Waals surface area contributed by atoms with Gasteiger partial charge in [0, 0.05) is 4.88 Å². The van der Waals surface area contributed by atoms with Gasteiger partial charge >= 0.3 is 0 Å². The Kier molecular flexibility index (Phi) is 4.15. The summed E-state index contributed by atoms with van der Waals surface area (Å²) in [5, 5.41) is 8.96. The van der Waals surface area contributed by atoms with E-state index in [1.807, 2.05) is 43.3 Å². The lowest BCUT2D eigenvalue weighted by atomic mass is 10.2. The molecule has 0 aliphatic heterocycles. The molecule has 0 bridgehead atoms. The molecule has 3 rings (SSSR count). The van der Waals surface area contributed by atoms with E-state index in [0.29, 0.717) is 23.2 Å². The average molecular weight is 314 g/mol. The first kappa shape index (κ1) is 14.3. The minimum Gasteiger partial charge on any atom is -0.492 e. The first-order chi connectivity index (χ1) is 10.8. The molecule has 112 valence electrons. The molecule has 1 aromatic carbocycles. The number of H-pyrrole nitrogens is 1. The quantitative estimate of drug-likeness (QED) is 0.758. The number of aromatic nitrogens is 3. The van der Waals surface area contributed by atoms with Crippen molar-refractivity contribution in [2.75, 3.05) is 11.9 Å². The molecule has 2 N–H and O–H groups in total. The molecule has 0 saturated carbocycles. The first-order valence-corrected chi connectivity index (χ1v) is 7.58. The van der Waals surface area contributed by atoms with Gasteiger partial charge in [0.15, 0.2) is 0 Å². The Morgan fingerprint density at radius 3 is 2.86 bits per heavy atom. The lowest BCUT2D eigenvalue weighted by Gasteiger charge is -2.03. The van der Waals surface area contributed by atoms with Crippen molar-refractivity contribution in [2.45, 2.75) is 6.92 Å². The van der Waals surface area contributed by atoms with Gasteiger partial charge < -0.3 is 4.74 Å². The topological polar surface area (TPSA) is 79.9 Å². The van der Waals surface area contributed by atoms with Crippen molar-refractivity contribution in [2.24, 2.45) is 0 Å². The molecule has 0 aliphatic rings. The second kappa shape index (κ2) is 6.40. The summed E-state index contributed by atoms with van der Waals surface area (Å²) in [5.41, 5.74) is 1.05. The maximum absolute atomic E-state index is 12.4. The van der Waals surface area contributed by atoms with Gasteiger partial charge in [-0.05, 0) is 18.6 Å². The molecular weight excluding hydrogens is 300 g/mol. The Hall–Kier alpha value is -2.67. The zero-order chi connectivity index (χ0) is 15.4. The van der Waals surface area contributed by atoms with Crippen molar-refractivity contribution in [1.29, 1.82) is 0 Å². The van der Waals surface area contributed by atoms with Crippen LogP contribution < -0.4 is 10.1 Å². The number of hydrogen-bond acceptors (Lipinski definition) is 5. The standard InChI is InChI=1S/C15H14N4O2S/c1-2-21-11-8-12(10-6-4-3-5-7-10)22-13(11)14(20)18-15-16-9-17-19-15/h3-9H,2H2,1H3,(H2,16,17,18,19,20). The van der Waals surface area contributed by atoms with E-state index in [0.717, 1.165) is 10.4 Å². The highest BCUT2D eigenvalue weighted by Gasteiger charge is 2.19. The molecular formula is C15H14N4O2S. The molecule has 2 heterocycles. The van der Waals surface area contributed by atoms with Crippen molar-refractivity contribution in [3.05, 3.63) is 47.6 Å². The van der Waals surface area contributed by atoms with E-state index in [1.54, 1.807) is 0 Å². The number of carbonyl (C=O) groups excluding carboxylic acids is 1. The largest absolute Gasteiger partial charge is 0.492 e. The Morgan fingerprint density at radius 2 is 2.18 bits per heavy atom. The van der Waals surface area contributed by atoms with Gasteiger partial charge in [-0.15, -0.1) is 11.3 Å². The first-order valence-electron chi connectivity index (χ1n) is 6.76. The van der Waals surface area contributed by atoms with E-state index >= 15 is 0 Å². The number of amides is 1. The maximum atomic E-state index is 12.4. The van der Waals surface area contributed by atoms with Crippen LogP contribution in [0.3, 0.4) is 0 Å². The van der Waals surface area contributed by atoms with Crippen LogP contribution in [0, 0.1) is 0 Å². The number of carbonyl (C=O) groups is 1. The van der Waals surface area contributed by atoms with Crippen LogP contribution in [0.5, 0.6) is 5.75 Å². The molecule has 0 aliphatic carbocycles. The monoisotopic (exact) mass is 314 g/mol. The number of ether oxygens (including phenoxy) is 1. The van der Waals surface area contributed by atoms with Crippen LogP contribution in [0.1, 0.15) is 16.6 Å². The van der Waals surface area contributed by atoms with E-state index < -0.39 is 0 Å². The number of nitrogens with zero attached hydrogens (tertiary/aromatic N) is 2. The second-order valence-corrected chi connectivity index (χ2v) is 5.44. The number of rotatable bonds is 5. The SMILES string of the molecule is CCOc1cc(-c2ccccc2)sc1C(=O)Nc1ncn[nH]1. The molecule has 7 heteroatoms. The highest BCUT2D eigenvalue weighted by Crippen LogP contribution is 2.36. The summed E-state index contributed by atoms with van der Waals surface area (Å²) in [5.74, 6) is 0.609. The van der Waals surface area contributed by atoms with Gasteiger partial charge in [0.2, 0.25) is 5.95 Å². The highest BCUT2D eigenvalue weighted by atomic mass is 32.1. The van der Waals surface area contributed by atoms with Crippen LogP contribution in [0.15, 0.2) is 42.7 Å². The second-order valence-electron chi connectivity index (χ2n) is 4.39. The van der Waals surface area contributed by atoms with E-state index in [4.69, 9.17) is 4.74 Å². The molecule has 0 atom stereocenters. The van der Waals surface area contributed by atoms with Gasteiger partial charge in [-0.3, -0.25) is 10.1 Å². The van der Waals surface area contributed by atoms with Crippen LogP contribution >= 0.6 is 11.3 Å². The number of anilines is 1. The highest BCUT2D eigenvalue weighted by molar-refractivity contribution is 7.17. The molecule has 22 heavy (non-hydrogen) atoms. The molecule has 1 amide bonds. The Balaban J connectivity index is 1.92. The van der Waals surface area contributed by atoms with Crippen molar-refractivity contribution < 1.29 is 9.53 Å². The smallest absolute Gasteiger partial charge is 0.271 e. The van der Waals surface area contributed by atoms with Crippen LogP contribution in [-0.2, 0) is 0 Å². The predicted molar refractivity (Wildman–Crippen MR) is 85.3 cm³/mol. The van der Waals surface area contributed by atoms with Crippen LogP contribution in [0.2, 0.25) is 0 Å². The molecule has 0 radical (unpaired) electrons. The third kappa shape index (κ3) is 2.99. The fourth-order valence-corrected chi connectivity index (χ4v) is 2.97. The molecule has 0 saturated heterocycles. The van der Waals surface area contributed by atoms with E-state index in [2.05, 4.69) is 20.5 Å². The number of thiophene rings is 1. The molecule has 3 aromatic rings. The molecule has 6 nitrogen and oxygen atoms in total. The fraction of sp³-hybridized carbons (Fsp3) is 0.133. The molecule has 0 unspecified atom stereocenters. The van der Waals surface area contributed by atoms with Crippen LogP contribution in [0.4, 0.5) is 5.95 Å². The van der Waals surface area contributed by atoms with E-state index in [-0.39, 0.29) is 5.91 Å². The lowest BCUT2D eigenvalue weighted by Crippen LogP contribution is -2.12. The van der Waals surface area contributed by atoms with Gasteiger partial charge in [0.25, 0.3) is 5.91 Å². The third-order valence-corrected chi connectivity index (χ3v) is 4.07. The maximum Gasteiger partial charge on any atom is 0.271 e. The van der Waals surface area contributed by atoms with Crippen molar-refractivity contribution in [3.63, 3.8) is 0 Å². The molecule has 2 aromatic heterocycles. The number of nitrogens with one attached hydrogen (secondary N) is 2. The summed E-state index contributed by atoms with van der Waals surface area (Å²) in [6.07, 6.45) is 1.34. The van der Waals surface area contributed by atoms with Gasteiger partial charge in [-0.25, -0.2) is 5.10 Å². The summed E-state index contributed by atoms with van der Waals surface area (Å²) in [6, 6.07) is 11.8. The summed E-state index contributed by atoms with van der Waals surface area (Å²) < 4.78 is 5.58. The average Bonchev–Trinajstić information content (AvgIpc) is 3.18. The van der Waals surface area contributed by atoms with Crippen molar-refractivity contribution in [1.82, 2.24) is 15.2 Å². The van der Waals surface area contributed by atoms with Crippen molar-refractivity contribution >= 4 is 23.2 Å². The third-order valence-electron chi connectivity index (χ3n) is 2.91. The van der Waals surface area contributed by atoms with E-state index in [9.17, 15) is 4.79 Å². The fourth-order valence-electron chi connectivity index (χ4n) is 1.97. The summed E-state index contributed by atoms with van der Waals surface area (Å²) >= 11 is 1.38. The van der Waals surface area contributed by atoms with E-state index in [1.165, 1.54) is 17.7 Å². The van der Waals surface area contributed by atoms with Gasteiger partial charge in [-0.2, -0.15) is 10.1 Å². The van der Waals surface area contributed by atoms with Gasteiger partial charge in [-0.1, -0.05) is 30.3 Å². The number of benzene rings is 1. The number of aromatic amines is 1. The lowest BCUT2D eigenvalue weighted by molar-refractivity contribution is 0.102. The minimum absolute atomic E-state index is 0.271. The van der Waals surface area contributed by atoms with Crippen molar-refractivity contribution in [3.8, 4) is 16.2 Å². The number of hydrogen-bond donors (Lipinski definition) is 2. The Morgan fingerprint density at radius 1 is 1.36 bits per heavy atom. The zero-order valence-corrected chi connectivity index (χ0v) is 12.7. The summed E-state index contributed by atoms with van der Waals surface area (Å²) in [4.78, 5) is 17.8. The minimum atomic E-state index is -0.271. The summed E-state index contributed by atoms with van der Waals surface area (Å²) in [7, 11) is 0. The van der Waals surface area contributed by atoms with Gasteiger partial charge in [0.1, 0.15) is 17.0 Å².